The van der Waals surface area contributed by atoms with Crippen molar-refractivity contribution in [2.75, 3.05) is 26.2 Å². The summed E-state index contributed by atoms with van der Waals surface area (Å²) in [6, 6.07) is 0. The van der Waals surface area contributed by atoms with E-state index in [4.69, 9.17) is 15.9 Å². The van der Waals surface area contributed by atoms with Crippen molar-refractivity contribution in [2.24, 2.45) is 5.73 Å². The highest BCUT2D eigenvalue weighted by molar-refractivity contribution is 4.55. The minimum atomic E-state index is -1.74. The third kappa shape index (κ3) is 11.8. The van der Waals surface area contributed by atoms with Crippen molar-refractivity contribution in [1.29, 1.82) is 0 Å². The first kappa shape index (κ1) is 13.8. The van der Waals surface area contributed by atoms with Gasteiger partial charge < -0.3 is 21.3 Å². The van der Waals surface area contributed by atoms with E-state index in [0.29, 0.717) is 6.54 Å². The third-order valence-corrected chi connectivity index (χ3v) is 1.80. The molecule has 0 unspecified atom stereocenters. The van der Waals surface area contributed by atoms with Gasteiger partial charge in [-0.2, -0.15) is 0 Å². The molecule has 14 heavy (non-hydrogen) atoms. The summed E-state index contributed by atoms with van der Waals surface area (Å²) in [6.07, 6.45) is 2.95. The highest BCUT2D eigenvalue weighted by Gasteiger charge is 2.11. The van der Waals surface area contributed by atoms with E-state index in [1.165, 1.54) is 6.92 Å². The zero-order valence-corrected chi connectivity index (χ0v) is 8.92. The molecular weight excluding hydrogens is 182 g/mol. The molecule has 0 bridgehead atoms. The molecule has 0 saturated heterocycles. The second-order valence-corrected chi connectivity index (χ2v) is 3.55. The maximum Gasteiger partial charge on any atom is 0.219 e. The Kier molecular flexibility index (Phi) is 8.02. The Balaban J connectivity index is 2.99. The lowest BCUT2D eigenvalue weighted by molar-refractivity contribution is -0.169. The zero-order valence-electron chi connectivity index (χ0n) is 8.92. The third-order valence-electron chi connectivity index (χ3n) is 1.80. The van der Waals surface area contributed by atoms with Crippen LogP contribution in [0.4, 0.5) is 0 Å². The molecule has 0 fully saturated rings. The lowest BCUT2D eigenvalue weighted by atomic mass is 10.3. The van der Waals surface area contributed by atoms with Gasteiger partial charge in [0.1, 0.15) is 0 Å². The normalized spacial score (nSPS) is 12.0. The second-order valence-electron chi connectivity index (χ2n) is 3.55. The number of rotatable bonds is 9. The van der Waals surface area contributed by atoms with Crippen molar-refractivity contribution in [3.8, 4) is 0 Å². The van der Waals surface area contributed by atoms with Gasteiger partial charge in [-0.3, -0.25) is 5.32 Å². The Labute approximate surface area is 85.7 Å². The molecule has 0 aliphatic heterocycles. The van der Waals surface area contributed by atoms with E-state index >= 15 is 0 Å². The molecule has 0 spiro atoms. The van der Waals surface area contributed by atoms with Gasteiger partial charge in [-0.05, 0) is 38.9 Å². The predicted molar refractivity (Wildman–Crippen MR) is 56.6 cm³/mol. The summed E-state index contributed by atoms with van der Waals surface area (Å²) in [6.45, 7) is 4.56. The largest absolute Gasteiger partial charge is 0.354 e. The van der Waals surface area contributed by atoms with Crippen LogP contribution < -0.4 is 16.4 Å². The topological polar surface area (TPSA) is 90.5 Å². The summed E-state index contributed by atoms with van der Waals surface area (Å²) >= 11 is 0. The molecule has 0 heterocycles. The summed E-state index contributed by atoms with van der Waals surface area (Å²) in [5, 5.41) is 23.6. The van der Waals surface area contributed by atoms with Crippen LogP contribution in [0.5, 0.6) is 0 Å². The number of aliphatic hydroxyl groups is 2. The van der Waals surface area contributed by atoms with Gasteiger partial charge in [0.15, 0.2) is 0 Å². The highest BCUT2D eigenvalue weighted by atomic mass is 16.5. The van der Waals surface area contributed by atoms with Gasteiger partial charge in [0.25, 0.3) is 0 Å². The average molecular weight is 205 g/mol. The minimum absolute atomic E-state index is 0.613. The van der Waals surface area contributed by atoms with Crippen molar-refractivity contribution in [1.82, 2.24) is 10.6 Å². The van der Waals surface area contributed by atoms with E-state index in [1.54, 1.807) is 0 Å². The van der Waals surface area contributed by atoms with E-state index in [1.807, 2.05) is 0 Å². The molecule has 0 radical (unpaired) electrons. The van der Waals surface area contributed by atoms with Crippen LogP contribution in [0.25, 0.3) is 0 Å². The van der Waals surface area contributed by atoms with Crippen molar-refractivity contribution in [3.05, 3.63) is 0 Å². The first-order chi connectivity index (χ1) is 6.56. The molecule has 0 aromatic carbocycles. The fourth-order valence-corrected chi connectivity index (χ4v) is 1.05. The van der Waals surface area contributed by atoms with Crippen LogP contribution in [0.3, 0.4) is 0 Å². The molecule has 0 aliphatic rings. The summed E-state index contributed by atoms with van der Waals surface area (Å²) < 4.78 is 0. The second kappa shape index (κ2) is 8.14. The molecule has 0 saturated carbocycles. The molecule has 0 rings (SSSR count). The maximum absolute atomic E-state index is 8.91. The summed E-state index contributed by atoms with van der Waals surface area (Å²) in [5.74, 6) is -1.74. The lowest BCUT2D eigenvalue weighted by Gasteiger charge is -2.17. The summed E-state index contributed by atoms with van der Waals surface area (Å²) in [4.78, 5) is 0. The van der Waals surface area contributed by atoms with Gasteiger partial charge in [-0.1, -0.05) is 0 Å². The van der Waals surface area contributed by atoms with E-state index < -0.39 is 5.91 Å². The fraction of sp³-hybridized carbons (Fsp3) is 1.00. The standard InChI is InChI=1S/C9H23N3O2/c1-9(13,14)12-8-3-2-6-11-7-4-5-10/h11-14H,2-8,10H2,1H3. The SMILES string of the molecule is CC(O)(O)NCCCCNCCCN. The van der Waals surface area contributed by atoms with Gasteiger partial charge in [-0.15, -0.1) is 0 Å². The van der Waals surface area contributed by atoms with E-state index in [-0.39, 0.29) is 0 Å². The molecular formula is C9H23N3O2. The molecule has 0 aromatic heterocycles. The molecule has 0 aromatic rings. The quantitative estimate of drug-likeness (QED) is 0.245. The van der Waals surface area contributed by atoms with E-state index in [2.05, 4.69) is 10.6 Å². The molecule has 86 valence electrons. The van der Waals surface area contributed by atoms with E-state index in [9.17, 15) is 0 Å². The Morgan fingerprint density at radius 2 is 1.64 bits per heavy atom. The van der Waals surface area contributed by atoms with Crippen molar-refractivity contribution >= 4 is 0 Å². The number of unbranched alkanes of at least 4 members (excludes halogenated alkanes) is 1. The van der Waals surface area contributed by atoms with Crippen LogP contribution in [0.1, 0.15) is 26.2 Å². The number of nitrogens with two attached hydrogens (primary N) is 1. The maximum atomic E-state index is 8.91. The van der Waals surface area contributed by atoms with Crippen LogP contribution in [0, 0.1) is 0 Å². The minimum Gasteiger partial charge on any atom is -0.354 e. The summed E-state index contributed by atoms with van der Waals surface area (Å²) in [5.41, 5.74) is 5.33. The molecule has 0 atom stereocenters. The van der Waals surface area contributed by atoms with Gasteiger partial charge >= 0.3 is 0 Å². The highest BCUT2D eigenvalue weighted by Crippen LogP contribution is 1.91. The number of hydrogen-bond donors (Lipinski definition) is 5. The van der Waals surface area contributed by atoms with Crippen LogP contribution in [0.2, 0.25) is 0 Å². The Bertz CT molecular complexity index is 126. The Morgan fingerprint density at radius 1 is 1.07 bits per heavy atom. The molecule has 5 heteroatoms. The first-order valence-electron chi connectivity index (χ1n) is 5.17. The number of hydrogen-bond acceptors (Lipinski definition) is 5. The fourth-order valence-electron chi connectivity index (χ4n) is 1.05. The Morgan fingerprint density at radius 3 is 2.21 bits per heavy atom. The molecule has 5 nitrogen and oxygen atoms in total. The molecule has 0 amide bonds. The smallest absolute Gasteiger partial charge is 0.219 e. The van der Waals surface area contributed by atoms with Crippen molar-refractivity contribution in [2.45, 2.75) is 32.1 Å². The summed E-state index contributed by atoms with van der Waals surface area (Å²) in [7, 11) is 0. The predicted octanol–water partition coefficient (Wildman–Crippen LogP) is -1.05. The van der Waals surface area contributed by atoms with Crippen molar-refractivity contribution in [3.63, 3.8) is 0 Å². The van der Waals surface area contributed by atoms with Gasteiger partial charge in [0, 0.05) is 13.5 Å². The van der Waals surface area contributed by atoms with Crippen LogP contribution in [-0.4, -0.2) is 42.3 Å². The molecule has 6 N–H and O–H groups in total. The number of nitrogens with one attached hydrogen (secondary N) is 2. The lowest BCUT2D eigenvalue weighted by Crippen LogP contribution is -2.42. The van der Waals surface area contributed by atoms with Crippen LogP contribution in [0.15, 0.2) is 0 Å². The zero-order chi connectivity index (χ0) is 10.9. The van der Waals surface area contributed by atoms with Crippen LogP contribution in [-0.2, 0) is 0 Å². The Hall–Kier alpha value is -0.200. The van der Waals surface area contributed by atoms with Gasteiger partial charge in [0.2, 0.25) is 5.91 Å². The first-order valence-corrected chi connectivity index (χ1v) is 5.17. The van der Waals surface area contributed by atoms with Crippen molar-refractivity contribution < 1.29 is 10.2 Å². The van der Waals surface area contributed by atoms with E-state index in [0.717, 1.165) is 38.9 Å². The monoisotopic (exact) mass is 205 g/mol. The van der Waals surface area contributed by atoms with Gasteiger partial charge in [0.05, 0.1) is 0 Å². The average Bonchev–Trinajstić information content (AvgIpc) is 2.08. The van der Waals surface area contributed by atoms with Gasteiger partial charge in [-0.25, -0.2) is 0 Å². The van der Waals surface area contributed by atoms with Crippen LogP contribution >= 0.6 is 0 Å². The molecule has 0 aliphatic carbocycles.